The number of nitrogens with two attached hydrogens (primary N) is 1. The van der Waals surface area contributed by atoms with Crippen molar-refractivity contribution in [1.29, 1.82) is 0 Å². The van der Waals surface area contributed by atoms with E-state index in [1.165, 1.54) is 0 Å². The largest absolute Gasteiger partial charge is 0.416 e. The summed E-state index contributed by atoms with van der Waals surface area (Å²) in [7, 11) is 0. The highest BCUT2D eigenvalue weighted by atomic mass is 35.5. The number of halogens is 4. The van der Waals surface area contributed by atoms with Gasteiger partial charge in [0.25, 0.3) is 0 Å². The molecule has 2 nitrogen and oxygen atoms in total. The minimum absolute atomic E-state index is 0.0139. The second kappa shape index (κ2) is 5.81. The summed E-state index contributed by atoms with van der Waals surface area (Å²) < 4.78 is 38.7. The maximum atomic E-state index is 12.9. The summed E-state index contributed by atoms with van der Waals surface area (Å²) >= 11 is 5.85. The van der Waals surface area contributed by atoms with Crippen molar-refractivity contribution in [2.45, 2.75) is 18.6 Å². The minimum atomic E-state index is -4.44. The molecule has 1 unspecified atom stereocenters. The Labute approximate surface area is 119 Å². The van der Waals surface area contributed by atoms with Gasteiger partial charge in [-0.15, -0.1) is 0 Å². The normalized spacial score (nSPS) is 13.2. The Morgan fingerprint density at radius 2 is 2.00 bits per heavy atom. The van der Waals surface area contributed by atoms with Gasteiger partial charge in [0.1, 0.15) is 0 Å². The lowest BCUT2D eigenvalue weighted by atomic mass is 9.97. The van der Waals surface area contributed by atoms with E-state index in [0.29, 0.717) is 5.02 Å². The van der Waals surface area contributed by atoms with Gasteiger partial charge in [0.15, 0.2) is 0 Å². The van der Waals surface area contributed by atoms with Crippen molar-refractivity contribution in [2.24, 2.45) is 5.73 Å². The van der Waals surface area contributed by atoms with E-state index in [2.05, 4.69) is 4.98 Å². The van der Waals surface area contributed by atoms with E-state index in [4.69, 9.17) is 17.3 Å². The molecule has 1 aromatic heterocycles. The van der Waals surface area contributed by atoms with Crippen LogP contribution in [0.4, 0.5) is 13.2 Å². The molecule has 0 bridgehead atoms. The van der Waals surface area contributed by atoms with E-state index in [1.807, 2.05) is 0 Å². The molecular formula is C14H12ClF3N2. The summed E-state index contributed by atoms with van der Waals surface area (Å²) in [5, 5.41) is 0.525. The molecular weight excluding hydrogens is 289 g/mol. The second-order valence-corrected chi connectivity index (χ2v) is 4.84. The van der Waals surface area contributed by atoms with Crippen molar-refractivity contribution in [3.63, 3.8) is 0 Å². The zero-order valence-corrected chi connectivity index (χ0v) is 11.1. The molecule has 1 heterocycles. The van der Waals surface area contributed by atoms with Gasteiger partial charge in [0.05, 0.1) is 5.56 Å². The van der Waals surface area contributed by atoms with Gasteiger partial charge in [-0.2, -0.15) is 13.2 Å². The number of pyridine rings is 1. The number of nitrogens with zero attached hydrogens (tertiary/aromatic N) is 1. The highest BCUT2D eigenvalue weighted by Gasteiger charge is 2.34. The lowest BCUT2D eigenvalue weighted by molar-refractivity contribution is -0.138. The molecule has 2 rings (SSSR count). The second-order valence-electron chi connectivity index (χ2n) is 4.40. The monoisotopic (exact) mass is 300 g/mol. The van der Waals surface area contributed by atoms with Crippen LogP contribution < -0.4 is 5.73 Å². The number of aromatic nitrogens is 1. The predicted molar refractivity (Wildman–Crippen MR) is 71.3 cm³/mol. The van der Waals surface area contributed by atoms with Gasteiger partial charge in [-0.25, -0.2) is 0 Å². The standard InChI is InChI=1S/C14H12ClF3N2/c15-10-3-1-2-9(6-10)7-13(19)11-8-20-5-4-12(11)14(16,17)18/h1-6,8,13H,7,19H2. The van der Waals surface area contributed by atoms with Crippen LogP contribution in [-0.2, 0) is 12.6 Å². The molecule has 2 N–H and O–H groups in total. The third-order valence-electron chi connectivity index (χ3n) is 2.90. The fourth-order valence-electron chi connectivity index (χ4n) is 1.99. The zero-order valence-electron chi connectivity index (χ0n) is 10.4. The van der Waals surface area contributed by atoms with Crippen LogP contribution >= 0.6 is 11.6 Å². The van der Waals surface area contributed by atoms with E-state index in [-0.39, 0.29) is 12.0 Å². The first-order chi connectivity index (χ1) is 9.38. The van der Waals surface area contributed by atoms with Gasteiger partial charge in [0, 0.05) is 23.5 Å². The molecule has 0 aliphatic rings. The Kier molecular flexibility index (Phi) is 4.30. The molecule has 0 radical (unpaired) electrons. The summed E-state index contributed by atoms with van der Waals surface area (Å²) in [4.78, 5) is 3.73. The molecule has 1 aromatic carbocycles. The fourth-order valence-corrected chi connectivity index (χ4v) is 2.20. The van der Waals surface area contributed by atoms with Crippen LogP contribution in [0.1, 0.15) is 22.7 Å². The van der Waals surface area contributed by atoms with Crippen LogP contribution in [0.5, 0.6) is 0 Å². The number of hydrogen-bond donors (Lipinski definition) is 1. The first-order valence-corrected chi connectivity index (χ1v) is 6.27. The smallest absolute Gasteiger partial charge is 0.324 e. The van der Waals surface area contributed by atoms with Crippen molar-refractivity contribution in [2.75, 3.05) is 0 Å². The van der Waals surface area contributed by atoms with Gasteiger partial charge in [0.2, 0.25) is 0 Å². The van der Waals surface area contributed by atoms with E-state index in [0.717, 1.165) is 24.0 Å². The SMILES string of the molecule is NC(Cc1cccc(Cl)c1)c1cnccc1C(F)(F)F. The maximum Gasteiger partial charge on any atom is 0.416 e. The van der Waals surface area contributed by atoms with Crippen molar-refractivity contribution in [1.82, 2.24) is 4.98 Å². The Balaban J connectivity index is 2.28. The first kappa shape index (κ1) is 14.8. The average Bonchev–Trinajstić information content (AvgIpc) is 2.37. The minimum Gasteiger partial charge on any atom is -0.324 e. The summed E-state index contributed by atoms with van der Waals surface area (Å²) in [6.45, 7) is 0. The van der Waals surface area contributed by atoms with Gasteiger partial charge >= 0.3 is 6.18 Å². The topological polar surface area (TPSA) is 38.9 Å². The van der Waals surface area contributed by atoms with Crippen molar-refractivity contribution < 1.29 is 13.2 Å². The van der Waals surface area contributed by atoms with Crippen LogP contribution in [0.15, 0.2) is 42.7 Å². The van der Waals surface area contributed by atoms with E-state index >= 15 is 0 Å². The molecule has 1 atom stereocenters. The maximum absolute atomic E-state index is 12.9. The van der Waals surface area contributed by atoms with Gasteiger partial charge < -0.3 is 5.73 Å². The zero-order chi connectivity index (χ0) is 14.8. The van der Waals surface area contributed by atoms with Crippen molar-refractivity contribution >= 4 is 11.6 Å². The first-order valence-electron chi connectivity index (χ1n) is 5.89. The number of benzene rings is 1. The Bertz CT molecular complexity index is 599. The highest BCUT2D eigenvalue weighted by molar-refractivity contribution is 6.30. The third-order valence-corrected chi connectivity index (χ3v) is 3.14. The Hall–Kier alpha value is -1.59. The molecule has 0 amide bonds. The lowest BCUT2D eigenvalue weighted by Crippen LogP contribution is -2.19. The molecule has 0 aliphatic heterocycles. The number of rotatable bonds is 3. The van der Waals surface area contributed by atoms with Crippen LogP contribution in [0.2, 0.25) is 5.02 Å². The summed E-state index contributed by atoms with van der Waals surface area (Å²) in [6, 6.07) is 7.03. The number of hydrogen-bond acceptors (Lipinski definition) is 2. The molecule has 0 spiro atoms. The molecule has 106 valence electrons. The molecule has 20 heavy (non-hydrogen) atoms. The van der Waals surface area contributed by atoms with Crippen molar-refractivity contribution in [3.8, 4) is 0 Å². The van der Waals surface area contributed by atoms with E-state index in [9.17, 15) is 13.2 Å². The molecule has 0 aliphatic carbocycles. The Morgan fingerprint density at radius 1 is 1.25 bits per heavy atom. The number of alkyl halides is 3. The highest BCUT2D eigenvalue weighted by Crippen LogP contribution is 2.34. The fraction of sp³-hybridized carbons (Fsp3) is 0.214. The molecule has 0 fully saturated rings. The quantitative estimate of drug-likeness (QED) is 0.930. The summed E-state index contributed by atoms with van der Waals surface area (Å²) in [6.07, 6.45) is -1.91. The van der Waals surface area contributed by atoms with Gasteiger partial charge in [-0.1, -0.05) is 23.7 Å². The van der Waals surface area contributed by atoms with Crippen molar-refractivity contribution in [3.05, 3.63) is 64.4 Å². The molecule has 2 aromatic rings. The molecule has 6 heteroatoms. The van der Waals surface area contributed by atoms with Crippen LogP contribution in [-0.4, -0.2) is 4.98 Å². The van der Waals surface area contributed by atoms with E-state index < -0.39 is 17.8 Å². The third kappa shape index (κ3) is 3.49. The van der Waals surface area contributed by atoms with Gasteiger partial charge in [-0.3, -0.25) is 4.98 Å². The molecule has 0 saturated carbocycles. The lowest BCUT2D eigenvalue weighted by Gasteiger charge is -2.17. The Morgan fingerprint density at radius 3 is 2.65 bits per heavy atom. The molecule has 0 saturated heterocycles. The van der Waals surface area contributed by atoms with Crippen LogP contribution in [0.3, 0.4) is 0 Å². The van der Waals surface area contributed by atoms with E-state index in [1.54, 1.807) is 24.3 Å². The average molecular weight is 301 g/mol. The van der Waals surface area contributed by atoms with Crippen LogP contribution in [0.25, 0.3) is 0 Å². The predicted octanol–water partition coefficient (Wildman–Crippen LogP) is 4.00. The summed E-state index contributed by atoms with van der Waals surface area (Å²) in [5.74, 6) is 0. The van der Waals surface area contributed by atoms with Crippen LogP contribution in [0, 0.1) is 0 Å². The van der Waals surface area contributed by atoms with Gasteiger partial charge in [-0.05, 0) is 35.7 Å². The summed E-state index contributed by atoms with van der Waals surface area (Å²) in [5.41, 5.74) is 5.91.